The SMILES string of the molecule is c1csc(-c2cncn2CCNC2CCCCCC2)c1. The van der Waals surface area contributed by atoms with Gasteiger partial charge in [0.15, 0.2) is 0 Å². The number of nitrogens with one attached hydrogen (secondary N) is 1. The summed E-state index contributed by atoms with van der Waals surface area (Å²) in [5, 5.41) is 5.85. The molecule has 2 aromatic heterocycles. The molecule has 1 saturated carbocycles. The van der Waals surface area contributed by atoms with E-state index in [0.717, 1.165) is 19.1 Å². The number of thiophene rings is 1. The molecule has 1 fully saturated rings. The fourth-order valence-electron chi connectivity index (χ4n) is 3.00. The van der Waals surface area contributed by atoms with Crippen LogP contribution in [0.15, 0.2) is 30.0 Å². The summed E-state index contributed by atoms with van der Waals surface area (Å²) in [6.45, 7) is 2.04. The molecule has 2 heterocycles. The Labute approximate surface area is 125 Å². The van der Waals surface area contributed by atoms with Gasteiger partial charge in [0.1, 0.15) is 0 Å². The first-order valence-electron chi connectivity index (χ1n) is 7.71. The number of rotatable bonds is 5. The summed E-state index contributed by atoms with van der Waals surface area (Å²) in [5.74, 6) is 0. The monoisotopic (exact) mass is 289 g/mol. The second kappa shape index (κ2) is 7.04. The van der Waals surface area contributed by atoms with Gasteiger partial charge in [0.25, 0.3) is 0 Å². The van der Waals surface area contributed by atoms with Gasteiger partial charge in [0.2, 0.25) is 0 Å². The Balaban J connectivity index is 1.52. The van der Waals surface area contributed by atoms with Crippen molar-refractivity contribution in [2.24, 2.45) is 0 Å². The molecule has 1 aliphatic rings. The Morgan fingerprint density at radius 3 is 2.85 bits per heavy atom. The highest BCUT2D eigenvalue weighted by Crippen LogP contribution is 2.24. The van der Waals surface area contributed by atoms with Crippen LogP contribution in [0.3, 0.4) is 0 Å². The third-order valence-electron chi connectivity index (χ3n) is 4.13. The van der Waals surface area contributed by atoms with E-state index in [1.165, 1.54) is 49.1 Å². The van der Waals surface area contributed by atoms with Crippen molar-refractivity contribution in [1.29, 1.82) is 0 Å². The van der Waals surface area contributed by atoms with Gasteiger partial charge in [-0.05, 0) is 24.3 Å². The van der Waals surface area contributed by atoms with Crippen molar-refractivity contribution >= 4 is 11.3 Å². The van der Waals surface area contributed by atoms with Gasteiger partial charge in [-0.15, -0.1) is 11.3 Å². The van der Waals surface area contributed by atoms with E-state index in [1.807, 2.05) is 12.5 Å². The normalized spacial score (nSPS) is 17.2. The molecule has 0 atom stereocenters. The van der Waals surface area contributed by atoms with Crippen molar-refractivity contribution < 1.29 is 0 Å². The summed E-state index contributed by atoms with van der Waals surface area (Å²) in [6.07, 6.45) is 12.2. The average Bonchev–Trinajstić information content (AvgIpc) is 3.06. The van der Waals surface area contributed by atoms with Crippen LogP contribution in [0.2, 0.25) is 0 Å². The van der Waals surface area contributed by atoms with Crippen LogP contribution < -0.4 is 5.32 Å². The van der Waals surface area contributed by atoms with Gasteiger partial charge >= 0.3 is 0 Å². The molecule has 0 spiro atoms. The van der Waals surface area contributed by atoms with Gasteiger partial charge in [0, 0.05) is 19.1 Å². The average molecular weight is 289 g/mol. The number of aromatic nitrogens is 2. The summed E-state index contributed by atoms with van der Waals surface area (Å²) in [7, 11) is 0. The molecule has 1 N–H and O–H groups in total. The molecule has 1 aliphatic carbocycles. The lowest BCUT2D eigenvalue weighted by molar-refractivity contribution is 0.446. The lowest BCUT2D eigenvalue weighted by atomic mass is 10.1. The summed E-state index contributed by atoms with van der Waals surface area (Å²) >= 11 is 1.78. The van der Waals surface area contributed by atoms with E-state index >= 15 is 0 Å². The molecule has 0 unspecified atom stereocenters. The zero-order valence-electron chi connectivity index (χ0n) is 11.9. The number of imidazole rings is 1. The van der Waals surface area contributed by atoms with Crippen LogP contribution in [0, 0.1) is 0 Å². The number of hydrogen-bond donors (Lipinski definition) is 1. The van der Waals surface area contributed by atoms with E-state index in [0.29, 0.717) is 0 Å². The summed E-state index contributed by atoms with van der Waals surface area (Å²) < 4.78 is 2.26. The van der Waals surface area contributed by atoms with E-state index in [-0.39, 0.29) is 0 Å². The maximum atomic E-state index is 4.30. The Kier molecular flexibility index (Phi) is 4.87. The van der Waals surface area contributed by atoms with E-state index < -0.39 is 0 Å². The zero-order valence-corrected chi connectivity index (χ0v) is 12.7. The van der Waals surface area contributed by atoms with Gasteiger partial charge in [-0.25, -0.2) is 4.98 Å². The molecular weight excluding hydrogens is 266 g/mol. The molecule has 0 saturated heterocycles. The third-order valence-corrected chi connectivity index (χ3v) is 5.02. The lowest BCUT2D eigenvalue weighted by Gasteiger charge is -2.16. The molecule has 0 bridgehead atoms. The predicted octanol–water partition coefficient (Wildman–Crippen LogP) is 3.92. The van der Waals surface area contributed by atoms with Crippen molar-refractivity contribution in [3.63, 3.8) is 0 Å². The standard InChI is InChI=1S/C16H23N3S/c1-2-4-7-14(6-3-1)18-9-10-19-13-17-12-15(19)16-8-5-11-20-16/h5,8,11-14,18H,1-4,6-7,9-10H2. The Morgan fingerprint density at radius 2 is 2.10 bits per heavy atom. The summed E-state index contributed by atoms with van der Waals surface area (Å²) in [4.78, 5) is 5.60. The molecule has 3 nitrogen and oxygen atoms in total. The van der Waals surface area contributed by atoms with E-state index in [2.05, 4.69) is 32.4 Å². The fraction of sp³-hybridized carbons (Fsp3) is 0.562. The highest BCUT2D eigenvalue weighted by Gasteiger charge is 2.11. The minimum atomic E-state index is 0.728. The third kappa shape index (κ3) is 3.49. The van der Waals surface area contributed by atoms with Crippen LogP contribution in [0.25, 0.3) is 10.6 Å². The summed E-state index contributed by atoms with van der Waals surface area (Å²) in [5.41, 5.74) is 1.24. The van der Waals surface area contributed by atoms with Crippen LogP contribution in [0.1, 0.15) is 38.5 Å². The molecule has 0 radical (unpaired) electrons. The van der Waals surface area contributed by atoms with E-state index in [9.17, 15) is 0 Å². The van der Waals surface area contributed by atoms with Gasteiger partial charge in [-0.1, -0.05) is 31.7 Å². The van der Waals surface area contributed by atoms with Crippen molar-refractivity contribution in [2.75, 3.05) is 6.54 Å². The van der Waals surface area contributed by atoms with E-state index in [1.54, 1.807) is 11.3 Å². The lowest BCUT2D eigenvalue weighted by Crippen LogP contribution is -2.31. The molecule has 0 aliphatic heterocycles. The van der Waals surface area contributed by atoms with Crippen molar-refractivity contribution in [3.8, 4) is 10.6 Å². The largest absolute Gasteiger partial charge is 0.329 e. The second-order valence-electron chi connectivity index (χ2n) is 5.59. The van der Waals surface area contributed by atoms with Gasteiger partial charge in [-0.3, -0.25) is 0 Å². The summed E-state index contributed by atoms with van der Waals surface area (Å²) in [6, 6.07) is 4.99. The molecular formula is C16H23N3S. The van der Waals surface area contributed by atoms with Crippen LogP contribution in [-0.2, 0) is 6.54 Å². The Hall–Kier alpha value is -1.13. The van der Waals surface area contributed by atoms with Crippen LogP contribution in [-0.4, -0.2) is 22.1 Å². The fourth-order valence-corrected chi connectivity index (χ4v) is 3.75. The first kappa shape index (κ1) is 13.8. The Bertz CT molecular complexity index is 496. The zero-order chi connectivity index (χ0) is 13.6. The highest BCUT2D eigenvalue weighted by atomic mass is 32.1. The molecule has 0 aromatic carbocycles. The minimum Gasteiger partial charge on any atom is -0.329 e. The van der Waals surface area contributed by atoms with Gasteiger partial charge in [0.05, 0.1) is 23.1 Å². The van der Waals surface area contributed by atoms with Crippen LogP contribution >= 0.6 is 11.3 Å². The molecule has 20 heavy (non-hydrogen) atoms. The van der Waals surface area contributed by atoms with Crippen molar-refractivity contribution in [3.05, 3.63) is 30.0 Å². The quantitative estimate of drug-likeness (QED) is 0.845. The van der Waals surface area contributed by atoms with Crippen LogP contribution in [0.5, 0.6) is 0 Å². The highest BCUT2D eigenvalue weighted by molar-refractivity contribution is 7.13. The van der Waals surface area contributed by atoms with E-state index in [4.69, 9.17) is 0 Å². The molecule has 3 rings (SSSR count). The molecule has 2 aromatic rings. The maximum Gasteiger partial charge on any atom is 0.0951 e. The molecule has 0 amide bonds. The van der Waals surface area contributed by atoms with Crippen LogP contribution in [0.4, 0.5) is 0 Å². The first-order valence-corrected chi connectivity index (χ1v) is 8.59. The number of hydrogen-bond acceptors (Lipinski definition) is 3. The van der Waals surface area contributed by atoms with Crippen molar-refractivity contribution in [2.45, 2.75) is 51.1 Å². The second-order valence-corrected chi connectivity index (χ2v) is 6.54. The smallest absolute Gasteiger partial charge is 0.0951 e. The minimum absolute atomic E-state index is 0.728. The Morgan fingerprint density at radius 1 is 1.25 bits per heavy atom. The van der Waals surface area contributed by atoms with Gasteiger partial charge in [-0.2, -0.15) is 0 Å². The first-order chi connectivity index (χ1) is 9.93. The predicted molar refractivity (Wildman–Crippen MR) is 85.0 cm³/mol. The van der Waals surface area contributed by atoms with Gasteiger partial charge < -0.3 is 9.88 Å². The topological polar surface area (TPSA) is 29.9 Å². The molecule has 108 valence electrons. The molecule has 4 heteroatoms. The number of nitrogens with zero attached hydrogens (tertiary/aromatic N) is 2. The maximum absolute atomic E-state index is 4.30. The van der Waals surface area contributed by atoms with Crippen molar-refractivity contribution in [1.82, 2.24) is 14.9 Å².